The lowest BCUT2D eigenvalue weighted by Gasteiger charge is -2.40. The fourth-order valence-corrected chi connectivity index (χ4v) is 3.10. The van der Waals surface area contributed by atoms with Gasteiger partial charge in [0.25, 0.3) is 0 Å². The lowest BCUT2D eigenvalue weighted by atomic mass is 10.1. The highest BCUT2D eigenvalue weighted by molar-refractivity contribution is 5.76. The highest BCUT2D eigenvalue weighted by Crippen LogP contribution is 2.24. The van der Waals surface area contributed by atoms with E-state index in [0.717, 1.165) is 12.2 Å². The van der Waals surface area contributed by atoms with Crippen LogP contribution < -0.4 is 9.64 Å². The first-order chi connectivity index (χ1) is 12.6. The maximum Gasteiger partial charge on any atom is 0.224 e. The Morgan fingerprint density at radius 1 is 1.31 bits per heavy atom. The van der Waals surface area contributed by atoms with E-state index in [1.165, 1.54) is 18.5 Å². The number of carbonyl (C=O) groups excluding carboxylic acids is 1. The van der Waals surface area contributed by atoms with E-state index in [0.29, 0.717) is 37.7 Å². The van der Waals surface area contributed by atoms with E-state index in [-0.39, 0.29) is 17.8 Å². The molecule has 1 aliphatic rings. The summed E-state index contributed by atoms with van der Waals surface area (Å²) in [6, 6.07) is 7.78. The van der Waals surface area contributed by atoms with E-state index >= 15 is 0 Å². The molecule has 0 unspecified atom stereocenters. The summed E-state index contributed by atoms with van der Waals surface area (Å²) in [6.07, 6.45) is 2.88. The third-order valence-electron chi connectivity index (χ3n) is 4.38. The van der Waals surface area contributed by atoms with Gasteiger partial charge in [-0.3, -0.25) is 4.79 Å². The Morgan fingerprint density at radius 2 is 2.15 bits per heavy atom. The minimum atomic E-state index is -0.363. The fraction of sp³-hybridized carbons (Fsp3) is 0.421. The highest BCUT2D eigenvalue weighted by atomic mass is 19.1. The van der Waals surface area contributed by atoms with Crippen molar-refractivity contribution >= 4 is 11.7 Å². The predicted octanol–water partition coefficient (Wildman–Crippen LogP) is 3.25. The molecule has 0 aliphatic carbocycles. The van der Waals surface area contributed by atoms with Gasteiger partial charge in [-0.1, -0.05) is 13.0 Å². The molecule has 0 spiro atoms. The zero-order chi connectivity index (χ0) is 18.5. The van der Waals surface area contributed by atoms with Crippen LogP contribution in [0.1, 0.15) is 26.7 Å². The molecule has 3 rings (SSSR count). The van der Waals surface area contributed by atoms with Gasteiger partial charge in [0.15, 0.2) is 0 Å². The fourth-order valence-electron chi connectivity index (χ4n) is 3.10. The largest absolute Gasteiger partial charge is 0.439 e. The first kappa shape index (κ1) is 18.1. The summed E-state index contributed by atoms with van der Waals surface area (Å²) in [5, 5.41) is 0. The lowest BCUT2D eigenvalue weighted by molar-refractivity contribution is -0.133. The van der Waals surface area contributed by atoms with Gasteiger partial charge in [0, 0.05) is 44.2 Å². The van der Waals surface area contributed by atoms with E-state index in [1.807, 2.05) is 18.7 Å². The van der Waals surface area contributed by atoms with Gasteiger partial charge in [-0.2, -0.15) is 0 Å². The molecule has 1 aromatic carbocycles. The summed E-state index contributed by atoms with van der Waals surface area (Å²) in [4.78, 5) is 24.6. The van der Waals surface area contributed by atoms with Crippen LogP contribution in [0.15, 0.2) is 36.7 Å². The summed E-state index contributed by atoms with van der Waals surface area (Å²) in [5.41, 5.74) is 0. The molecule has 1 aliphatic heterocycles. The van der Waals surface area contributed by atoms with Crippen molar-refractivity contribution in [3.05, 3.63) is 42.5 Å². The molecular formula is C19H23FN4O2. The Hall–Kier alpha value is -2.70. The van der Waals surface area contributed by atoms with Gasteiger partial charge in [-0.05, 0) is 25.5 Å². The van der Waals surface area contributed by atoms with Crippen molar-refractivity contribution < 1.29 is 13.9 Å². The monoisotopic (exact) mass is 358 g/mol. The number of benzene rings is 1. The molecule has 0 radical (unpaired) electrons. The average molecular weight is 358 g/mol. The summed E-state index contributed by atoms with van der Waals surface area (Å²) >= 11 is 0. The molecule has 26 heavy (non-hydrogen) atoms. The van der Waals surface area contributed by atoms with E-state index in [4.69, 9.17) is 4.74 Å². The third kappa shape index (κ3) is 4.28. The second-order valence-corrected chi connectivity index (χ2v) is 6.41. The van der Waals surface area contributed by atoms with Crippen LogP contribution in [-0.4, -0.2) is 46.5 Å². The number of halogens is 1. The van der Waals surface area contributed by atoms with Crippen LogP contribution in [0.3, 0.4) is 0 Å². The smallest absolute Gasteiger partial charge is 0.224 e. The minimum absolute atomic E-state index is 0.116. The van der Waals surface area contributed by atoms with E-state index in [9.17, 15) is 9.18 Å². The molecule has 138 valence electrons. The second-order valence-electron chi connectivity index (χ2n) is 6.41. The van der Waals surface area contributed by atoms with Crippen LogP contribution in [0.5, 0.6) is 11.6 Å². The van der Waals surface area contributed by atoms with Crippen molar-refractivity contribution in [3.63, 3.8) is 0 Å². The molecule has 6 nitrogen and oxygen atoms in total. The lowest BCUT2D eigenvalue weighted by Crippen LogP contribution is -2.54. The van der Waals surface area contributed by atoms with E-state index in [1.54, 1.807) is 18.2 Å². The summed E-state index contributed by atoms with van der Waals surface area (Å²) in [5.74, 6) is 1.33. The number of piperazine rings is 1. The standard InChI is InChI=1S/C19H23FN4O2/c1-3-5-19(25)24-9-8-23(12-14(24)2)17-11-18(22-13-21-17)26-16-7-4-6-15(20)10-16/h4,6-7,10-11,13-14H,3,5,8-9,12H2,1-2H3/t14-/m0/s1. The Bertz CT molecular complexity index is 771. The minimum Gasteiger partial charge on any atom is -0.439 e. The average Bonchev–Trinajstić information content (AvgIpc) is 2.62. The van der Waals surface area contributed by atoms with Gasteiger partial charge in [0.1, 0.15) is 23.7 Å². The van der Waals surface area contributed by atoms with Crippen LogP contribution in [0.25, 0.3) is 0 Å². The summed E-state index contributed by atoms with van der Waals surface area (Å²) in [7, 11) is 0. The van der Waals surface area contributed by atoms with E-state index in [2.05, 4.69) is 14.9 Å². The molecule has 0 bridgehead atoms. The zero-order valence-corrected chi connectivity index (χ0v) is 15.1. The molecule has 2 aromatic rings. The van der Waals surface area contributed by atoms with Gasteiger partial charge in [0.05, 0.1) is 0 Å². The summed E-state index contributed by atoms with van der Waals surface area (Å²) < 4.78 is 18.9. The number of hydrogen-bond donors (Lipinski definition) is 0. The van der Waals surface area contributed by atoms with Crippen LogP contribution >= 0.6 is 0 Å². The maximum absolute atomic E-state index is 13.3. The normalized spacial score (nSPS) is 17.3. The topological polar surface area (TPSA) is 58.6 Å². The molecule has 1 atom stereocenters. The van der Waals surface area contributed by atoms with Gasteiger partial charge in [-0.25, -0.2) is 14.4 Å². The molecule has 0 N–H and O–H groups in total. The second kappa shape index (κ2) is 8.12. The molecule has 1 aromatic heterocycles. The number of rotatable bonds is 5. The first-order valence-electron chi connectivity index (χ1n) is 8.86. The van der Waals surface area contributed by atoms with Crippen molar-refractivity contribution in [1.29, 1.82) is 0 Å². The number of nitrogens with zero attached hydrogens (tertiary/aromatic N) is 4. The Balaban J connectivity index is 1.68. The molecular weight excluding hydrogens is 335 g/mol. The van der Waals surface area contributed by atoms with E-state index < -0.39 is 0 Å². The van der Waals surface area contributed by atoms with Crippen molar-refractivity contribution in [2.45, 2.75) is 32.7 Å². The first-order valence-corrected chi connectivity index (χ1v) is 8.86. The van der Waals surface area contributed by atoms with Crippen LogP contribution in [0, 0.1) is 5.82 Å². The van der Waals surface area contributed by atoms with Gasteiger partial charge >= 0.3 is 0 Å². The number of hydrogen-bond acceptors (Lipinski definition) is 5. The van der Waals surface area contributed by atoms with Gasteiger partial charge in [0.2, 0.25) is 11.8 Å². The molecule has 1 saturated heterocycles. The Morgan fingerprint density at radius 3 is 2.88 bits per heavy atom. The molecule has 0 saturated carbocycles. The quantitative estimate of drug-likeness (QED) is 0.821. The summed E-state index contributed by atoms with van der Waals surface area (Å²) in [6.45, 7) is 6.14. The van der Waals surface area contributed by atoms with Crippen molar-refractivity contribution in [2.24, 2.45) is 0 Å². The number of amides is 1. The Labute approximate surface area is 152 Å². The predicted molar refractivity (Wildman–Crippen MR) is 96.8 cm³/mol. The van der Waals surface area contributed by atoms with Crippen LogP contribution in [-0.2, 0) is 4.79 Å². The van der Waals surface area contributed by atoms with Crippen LogP contribution in [0.2, 0.25) is 0 Å². The van der Waals surface area contributed by atoms with Crippen molar-refractivity contribution in [1.82, 2.24) is 14.9 Å². The zero-order valence-electron chi connectivity index (χ0n) is 15.1. The van der Waals surface area contributed by atoms with Gasteiger partial charge in [-0.15, -0.1) is 0 Å². The van der Waals surface area contributed by atoms with Crippen LogP contribution in [0.4, 0.5) is 10.2 Å². The molecule has 1 fully saturated rings. The maximum atomic E-state index is 13.3. The van der Waals surface area contributed by atoms with Crippen molar-refractivity contribution in [3.8, 4) is 11.6 Å². The highest BCUT2D eigenvalue weighted by Gasteiger charge is 2.27. The number of anilines is 1. The van der Waals surface area contributed by atoms with Crippen molar-refractivity contribution in [2.75, 3.05) is 24.5 Å². The Kier molecular flexibility index (Phi) is 5.65. The number of ether oxygens (including phenoxy) is 1. The molecule has 2 heterocycles. The third-order valence-corrected chi connectivity index (χ3v) is 4.38. The molecule has 7 heteroatoms. The van der Waals surface area contributed by atoms with Gasteiger partial charge < -0.3 is 14.5 Å². The molecule has 1 amide bonds. The number of carbonyl (C=O) groups is 1. The number of aromatic nitrogens is 2. The SMILES string of the molecule is CCCC(=O)N1CCN(c2cc(Oc3cccc(F)c3)ncn2)C[C@@H]1C.